The van der Waals surface area contributed by atoms with Crippen LogP contribution in [0.25, 0.3) is 22.6 Å². The number of sulfone groups is 1. The standard InChI is InChI=1S/C27H30N8O3S/c1-3-11-35-26-19(33-25(27(35)36)29-13-16-5-10-20(28-12-16)39(37,38)4-2)14-30-24(34-26)21-22(17-6-7-17)31-15-32-23(21)18-8-9-18/h5,10,12,14-15,17-18H,3-4,6-9,11,13H2,1-2H3,(H,29,33). The van der Waals surface area contributed by atoms with Crippen LogP contribution < -0.4 is 10.9 Å². The minimum Gasteiger partial charge on any atom is -0.361 e. The number of rotatable bonds is 10. The number of nitrogens with zero attached hydrogens (tertiary/aromatic N) is 7. The lowest BCUT2D eigenvalue weighted by atomic mass is 10.0. The summed E-state index contributed by atoms with van der Waals surface area (Å²) in [5, 5.41) is 3.13. The van der Waals surface area contributed by atoms with Gasteiger partial charge in [-0.3, -0.25) is 9.36 Å². The van der Waals surface area contributed by atoms with Crippen molar-refractivity contribution in [3.63, 3.8) is 0 Å². The lowest BCUT2D eigenvalue weighted by Crippen LogP contribution is -2.26. The number of pyridine rings is 1. The van der Waals surface area contributed by atoms with Crippen LogP contribution in [0.3, 0.4) is 0 Å². The summed E-state index contributed by atoms with van der Waals surface area (Å²) in [7, 11) is -3.38. The van der Waals surface area contributed by atoms with Gasteiger partial charge in [0.2, 0.25) is 0 Å². The van der Waals surface area contributed by atoms with Crippen LogP contribution in [-0.2, 0) is 22.9 Å². The highest BCUT2D eigenvalue weighted by Crippen LogP contribution is 2.48. The number of anilines is 1. The van der Waals surface area contributed by atoms with Gasteiger partial charge in [0.1, 0.15) is 11.8 Å². The number of fused-ring (bicyclic) bond motifs is 1. The summed E-state index contributed by atoms with van der Waals surface area (Å²) in [5.74, 6) is 1.53. The molecule has 39 heavy (non-hydrogen) atoms. The number of aryl methyl sites for hydroxylation is 1. The molecule has 2 aliphatic rings. The van der Waals surface area contributed by atoms with E-state index < -0.39 is 9.84 Å². The minimum absolute atomic E-state index is 0.0134. The van der Waals surface area contributed by atoms with Crippen molar-refractivity contribution in [1.29, 1.82) is 0 Å². The number of hydrogen-bond acceptors (Lipinski definition) is 10. The van der Waals surface area contributed by atoms with E-state index in [-0.39, 0.29) is 28.7 Å². The van der Waals surface area contributed by atoms with Crippen LogP contribution in [0.2, 0.25) is 0 Å². The van der Waals surface area contributed by atoms with Crippen LogP contribution in [0.15, 0.2) is 40.7 Å². The summed E-state index contributed by atoms with van der Waals surface area (Å²) in [6, 6.07) is 3.16. The highest BCUT2D eigenvalue weighted by molar-refractivity contribution is 7.91. The molecule has 4 heterocycles. The maximum Gasteiger partial charge on any atom is 0.294 e. The van der Waals surface area contributed by atoms with Crippen molar-refractivity contribution in [3.8, 4) is 11.4 Å². The molecule has 0 unspecified atom stereocenters. The second-order valence-corrected chi connectivity index (χ2v) is 12.4. The summed E-state index contributed by atoms with van der Waals surface area (Å²) in [6.45, 7) is 4.32. The Bertz CT molecular complexity index is 1680. The largest absolute Gasteiger partial charge is 0.361 e. The van der Waals surface area contributed by atoms with Gasteiger partial charge < -0.3 is 5.32 Å². The van der Waals surface area contributed by atoms with E-state index in [1.54, 1.807) is 30.1 Å². The molecule has 4 aromatic heterocycles. The highest BCUT2D eigenvalue weighted by atomic mass is 32.2. The van der Waals surface area contributed by atoms with Gasteiger partial charge in [0.05, 0.1) is 28.9 Å². The molecule has 2 saturated carbocycles. The van der Waals surface area contributed by atoms with E-state index in [0.717, 1.165) is 54.6 Å². The summed E-state index contributed by atoms with van der Waals surface area (Å²) >= 11 is 0. The Balaban J connectivity index is 1.36. The van der Waals surface area contributed by atoms with E-state index in [1.165, 1.54) is 12.3 Å². The Hall–Kier alpha value is -3.80. The highest BCUT2D eigenvalue weighted by Gasteiger charge is 2.35. The molecule has 6 rings (SSSR count). The maximum atomic E-state index is 13.5. The Morgan fingerprint density at radius 1 is 0.949 bits per heavy atom. The molecule has 4 aromatic rings. The van der Waals surface area contributed by atoms with Crippen LogP contribution in [0, 0.1) is 0 Å². The molecular weight excluding hydrogens is 516 g/mol. The van der Waals surface area contributed by atoms with Crippen LogP contribution in [0.4, 0.5) is 5.82 Å². The van der Waals surface area contributed by atoms with Crippen molar-refractivity contribution in [2.24, 2.45) is 0 Å². The van der Waals surface area contributed by atoms with E-state index in [9.17, 15) is 13.2 Å². The Labute approximate surface area is 226 Å². The monoisotopic (exact) mass is 546 g/mol. The molecule has 0 amide bonds. The topological polar surface area (TPSA) is 146 Å². The number of aromatic nitrogens is 7. The first-order valence-electron chi connectivity index (χ1n) is 13.4. The minimum atomic E-state index is -3.38. The van der Waals surface area contributed by atoms with Gasteiger partial charge in [-0.15, -0.1) is 0 Å². The maximum absolute atomic E-state index is 13.5. The van der Waals surface area contributed by atoms with Gasteiger partial charge in [-0.25, -0.2) is 38.3 Å². The summed E-state index contributed by atoms with van der Waals surface area (Å²) in [5.41, 5.74) is 4.38. The van der Waals surface area contributed by atoms with Gasteiger partial charge in [0.15, 0.2) is 32.2 Å². The molecule has 0 saturated heterocycles. The summed E-state index contributed by atoms with van der Waals surface area (Å²) in [4.78, 5) is 40.9. The summed E-state index contributed by atoms with van der Waals surface area (Å²) < 4.78 is 25.7. The van der Waals surface area contributed by atoms with E-state index in [1.807, 2.05) is 6.92 Å². The zero-order chi connectivity index (χ0) is 27.1. The van der Waals surface area contributed by atoms with Crippen LogP contribution in [-0.4, -0.2) is 48.6 Å². The van der Waals surface area contributed by atoms with E-state index in [2.05, 4.69) is 30.2 Å². The van der Waals surface area contributed by atoms with Crippen molar-refractivity contribution in [2.75, 3.05) is 11.1 Å². The molecule has 2 aliphatic carbocycles. The SMILES string of the molecule is CCCn1c(=O)c(NCc2ccc(S(=O)(=O)CC)nc2)nc2cnc(-c3c(C4CC4)ncnc3C3CC3)nc21. The van der Waals surface area contributed by atoms with Crippen molar-refractivity contribution in [1.82, 2.24) is 34.5 Å². The van der Waals surface area contributed by atoms with Gasteiger partial charge in [-0.05, 0) is 43.7 Å². The Morgan fingerprint density at radius 3 is 2.26 bits per heavy atom. The quantitative estimate of drug-likeness (QED) is 0.313. The van der Waals surface area contributed by atoms with Gasteiger partial charge in [-0.1, -0.05) is 19.9 Å². The lowest BCUT2D eigenvalue weighted by molar-refractivity contribution is 0.593. The van der Waals surface area contributed by atoms with E-state index in [0.29, 0.717) is 35.4 Å². The molecule has 11 nitrogen and oxygen atoms in total. The van der Waals surface area contributed by atoms with Gasteiger partial charge in [-0.2, -0.15) is 0 Å². The fraction of sp³-hybridized carbons (Fsp3) is 0.444. The first kappa shape index (κ1) is 25.5. The van der Waals surface area contributed by atoms with Crippen LogP contribution in [0.5, 0.6) is 0 Å². The average molecular weight is 547 g/mol. The zero-order valence-corrected chi connectivity index (χ0v) is 22.8. The first-order chi connectivity index (χ1) is 18.9. The fourth-order valence-corrected chi connectivity index (χ4v) is 5.50. The van der Waals surface area contributed by atoms with Gasteiger partial charge >= 0.3 is 0 Å². The molecule has 0 aromatic carbocycles. The molecule has 0 aliphatic heterocycles. The molecule has 0 radical (unpaired) electrons. The molecule has 0 spiro atoms. The number of nitrogens with one attached hydrogen (secondary N) is 1. The van der Waals surface area contributed by atoms with Crippen molar-refractivity contribution >= 4 is 26.8 Å². The number of hydrogen-bond donors (Lipinski definition) is 1. The first-order valence-corrected chi connectivity index (χ1v) is 15.1. The van der Waals surface area contributed by atoms with Gasteiger partial charge in [0.25, 0.3) is 5.56 Å². The Kier molecular flexibility index (Phi) is 6.57. The fourth-order valence-electron chi connectivity index (χ4n) is 4.71. The molecule has 0 atom stereocenters. The third kappa shape index (κ3) is 5.00. The van der Waals surface area contributed by atoms with Crippen molar-refractivity contribution in [3.05, 3.63) is 58.2 Å². The van der Waals surface area contributed by atoms with Crippen molar-refractivity contribution in [2.45, 2.75) is 75.9 Å². The molecule has 0 bridgehead atoms. The van der Waals surface area contributed by atoms with Crippen molar-refractivity contribution < 1.29 is 8.42 Å². The molecular formula is C27H30N8O3S. The second kappa shape index (κ2) is 10.1. The van der Waals surface area contributed by atoms with Crippen LogP contribution in [0.1, 0.15) is 74.7 Å². The Morgan fingerprint density at radius 2 is 1.67 bits per heavy atom. The third-order valence-corrected chi connectivity index (χ3v) is 8.79. The predicted molar refractivity (Wildman–Crippen MR) is 146 cm³/mol. The zero-order valence-electron chi connectivity index (χ0n) is 22.0. The molecule has 202 valence electrons. The third-order valence-electron chi connectivity index (χ3n) is 7.15. The second-order valence-electron chi connectivity index (χ2n) is 10.1. The molecule has 2 fully saturated rings. The van der Waals surface area contributed by atoms with E-state index >= 15 is 0 Å². The predicted octanol–water partition coefficient (Wildman–Crippen LogP) is 3.61. The molecule has 12 heteroatoms. The summed E-state index contributed by atoms with van der Waals surface area (Å²) in [6.07, 6.45) is 9.97. The smallest absolute Gasteiger partial charge is 0.294 e. The normalized spacial score (nSPS) is 15.5. The van der Waals surface area contributed by atoms with E-state index in [4.69, 9.17) is 4.98 Å². The lowest BCUT2D eigenvalue weighted by Gasteiger charge is -2.15. The van der Waals surface area contributed by atoms with Gasteiger partial charge in [0, 0.05) is 31.1 Å². The molecule has 1 N–H and O–H groups in total. The average Bonchev–Trinajstić information content (AvgIpc) is 3.87. The van der Waals surface area contributed by atoms with Crippen LogP contribution >= 0.6 is 0 Å².